The van der Waals surface area contributed by atoms with Crippen LogP contribution in [0.3, 0.4) is 0 Å². The van der Waals surface area contributed by atoms with Crippen LogP contribution in [0.2, 0.25) is 0 Å². The van der Waals surface area contributed by atoms with E-state index in [1.807, 2.05) is 13.0 Å². The summed E-state index contributed by atoms with van der Waals surface area (Å²) in [5.41, 5.74) is 1.61. The number of aryl methyl sites for hydroxylation is 2. The molecule has 0 amide bonds. The normalized spacial score (nSPS) is 23.0. The molecule has 5 nitrogen and oxygen atoms in total. The molecule has 0 aliphatic heterocycles. The van der Waals surface area contributed by atoms with E-state index in [1.165, 1.54) is 6.07 Å². The molecule has 1 saturated carbocycles. The Kier molecular flexibility index (Phi) is 3.02. The first-order chi connectivity index (χ1) is 7.97. The van der Waals surface area contributed by atoms with E-state index in [9.17, 15) is 15.2 Å². The Morgan fingerprint density at radius 1 is 1.41 bits per heavy atom. The number of ether oxygens (including phenoxy) is 1. The molecule has 0 radical (unpaired) electrons. The zero-order valence-corrected chi connectivity index (χ0v) is 9.84. The predicted molar refractivity (Wildman–Crippen MR) is 62.2 cm³/mol. The van der Waals surface area contributed by atoms with E-state index in [0.29, 0.717) is 18.6 Å². The molecule has 1 aromatic carbocycles. The standard InChI is InChI=1S/C12H15NO4/c1-7-3-8(2)12(11(4-7)13(15)16)17-10-5-9(14)6-10/h3-4,9-10,14H,5-6H2,1-2H3. The third-order valence-corrected chi connectivity index (χ3v) is 2.95. The molecule has 0 spiro atoms. The summed E-state index contributed by atoms with van der Waals surface area (Å²) in [5.74, 6) is 0.331. The molecule has 0 atom stereocenters. The quantitative estimate of drug-likeness (QED) is 0.645. The van der Waals surface area contributed by atoms with Crippen molar-refractivity contribution in [2.75, 3.05) is 0 Å². The Hall–Kier alpha value is -1.62. The van der Waals surface area contributed by atoms with Gasteiger partial charge < -0.3 is 9.84 Å². The van der Waals surface area contributed by atoms with Gasteiger partial charge in [0.1, 0.15) is 6.10 Å². The van der Waals surface area contributed by atoms with E-state index < -0.39 is 4.92 Å². The lowest BCUT2D eigenvalue weighted by molar-refractivity contribution is -0.386. The largest absolute Gasteiger partial charge is 0.483 e. The topological polar surface area (TPSA) is 72.6 Å². The Labute approximate surface area is 99.2 Å². The number of nitro groups is 1. The maximum Gasteiger partial charge on any atom is 0.311 e. The second-order valence-electron chi connectivity index (χ2n) is 4.55. The summed E-state index contributed by atoms with van der Waals surface area (Å²) in [7, 11) is 0. The molecule has 0 saturated heterocycles. The van der Waals surface area contributed by atoms with Crippen molar-refractivity contribution in [2.24, 2.45) is 0 Å². The highest BCUT2D eigenvalue weighted by Crippen LogP contribution is 2.35. The molecule has 1 aliphatic carbocycles. The molecule has 5 heteroatoms. The summed E-state index contributed by atoms with van der Waals surface area (Å²) >= 11 is 0. The van der Waals surface area contributed by atoms with Crippen LogP contribution in [0.5, 0.6) is 5.75 Å². The number of benzene rings is 1. The molecular formula is C12H15NO4. The third-order valence-electron chi connectivity index (χ3n) is 2.95. The van der Waals surface area contributed by atoms with Crippen LogP contribution in [-0.2, 0) is 0 Å². The van der Waals surface area contributed by atoms with Gasteiger partial charge in [-0.15, -0.1) is 0 Å². The third kappa shape index (κ3) is 2.39. The Morgan fingerprint density at radius 3 is 2.59 bits per heavy atom. The highest BCUT2D eigenvalue weighted by Gasteiger charge is 2.31. The summed E-state index contributed by atoms with van der Waals surface area (Å²) in [6.07, 6.45) is 0.657. The molecule has 1 N–H and O–H groups in total. The van der Waals surface area contributed by atoms with Crippen LogP contribution in [0.1, 0.15) is 24.0 Å². The number of aliphatic hydroxyl groups is 1. The van der Waals surface area contributed by atoms with Crippen molar-refractivity contribution in [3.05, 3.63) is 33.4 Å². The Morgan fingerprint density at radius 2 is 2.06 bits per heavy atom. The van der Waals surface area contributed by atoms with Crippen LogP contribution < -0.4 is 4.74 Å². The van der Waals surface area contributed by atoms with Crippen molar-refractivity contribution in [2.45, 2.75) is 38.9 Å². The van der Waals surface area contributed by atoms with E-state index in [2.05, 4.69) is 0 Å². The van der Waals surface area contributed by atoms with Crippen LogP contribution in [0.25, 0.3) is 0 Å². The first-order valence-corrected chi connectivity index (χ1v) is 5.57. The van der Waals surface area contributed by atoms with Crippen LogP contribution in [-0.4, -0.2) is 22.2 Å². The first-order valence-electron chi connectivity index (χ1n) is 5.57. The minimum Gasteiger partial charge on any atom is -0.483 e. The van der Waals surface area contributed by atoms with Crippen LogP contribution in [0, 0.1) is 24.0 Å². The van der Waals surface area contributed by atoms with Gasteiger partial charge in [-0.3, -0.25) is 10.1 Å². The number of hydrogen-bond acceptors (Lipinski definition) is 4. The van der Waals surface area contributed by atoms with Gasteiger partial charge >= 0.3 is 5.69 Å². The summed E-state index contributed by atoms with van der Waals surface area (Å²) in [6.45, 7) is 3.61. The van der Waals surface area contributed by atoms with Crippen molar-refractivity contribution in [3.8, 4) is 5.75 Å². The smallest absolute Gasteiger partial charge is 0.311 e. The second kappa shape index (κ2) is 4.33. The maximum atomic E-state index is 11.0. The number of rotatable bonds is 3. The van der Waals surface area contributed by atoms with Crippen LogP contribution >= 0.6 is 0 Å². The van der Waals surface area contributed by atoms with Crippen LogP contribution in [0.4, 0.5) is 5.69 Å². The van der Waals surface area contributed by atoms with Gasteiger partial charge in [-0.25, -0.2) is 0 Å². The van der Waals surface area contributed by atoms with Gasteiger partial charge in [0.25, 0.3) is 0 Å². The van der Waals surface area contributed by atoms with Gasteiger partial charge in [-0.2, -0.15) is 0 Å². The maximum absolute atomic E-state index is 11.0. The number of nitrogens with zero attached hydrogens (tertiary/aromatic N) is 1. The summed E-state index contributed by atoms with van der Waals surface area (Å²) in [6, 6.07) is 3.37. The lowest BCUT2D eigenvalue weighted by Crippen LogP contribution is -2.37. The monoisotopic (exact) mass is 237 g/mol. The van der Waals surface area contributed by atoms with Gasteiger partial charge in [0.2, 0.25) is 0 Å². The first kappa shape index (κ1) is 11.9. The number of hydrogen-bond donors (Lipinski definition) is 1. The van der Waals surface area contributed by atoms with E-state index in [-0.39, 0.29) is 17.9 Å². The molecule has 1 aliphatic rings. The van der Waals surface area contributed by atoms with Gasteiger partial charge in [0.15, 0.2) is 5.75 Å². The zero-order valence-electron chi connectivity index (χ0n) is 9.84. The number of aliphatic hydroxyl groups excluding tert-OH is 1. The van der Waals surface area contributed by atoms with E-state index in [4.69, 9.17) is 4.74 Å². The highest BCUT2D eigenvalue weighted by atomic mass is 16.6. The van der Waals surface area contributed by atoms with E-state index in [1.54, 1.807) is 6.92 Å². The van der Waals surface area contributed by atoms with Gasteiger partial charge in [-0.1, -0.05) is 6.07 Å². The summed E-state index contributed by atoms with van der Waals surface area (Å²) in [5, 5.41) is 20.1. The summed E-state index contributed by atoms with van der Waals surface area (Å²) in [4.78, 5) is 10.5. The molecule has 0 bridgehead atoms. The lowest BCUT2D eigenvalue weighted by atomic mass is 9.92. The van der Waals surface area contributed by atoms with Gasteiger partial charge in [0, 0.05) is 18.9 Å². The average molecular weight is 237 g/mol. The van der Waals surface area contributed by atoms with Gasteiger partial charge in [-0.05, 0) is 25.0 Å². The van der Waals surface area contributed by atoms with E-state index >= 15 is 0 Å². The van der Waals surface area contributed by atoms with Crippen molar-refractivity contribution in [1.82, 2.24) is 0 Å². The molecule has 0 aromatic heterocycles. The summed E-state index contributed by atoms with van der Waals surface area (Å²) < 4.78 is 5.60. The fraction of sp³-hybridized carbons (Fsp3) is 0.500. The molecule has 2 rings (SSSR count). The van der Waals surface area contributed by atoms with E-state index in [0.717, 1.165) is 11.1 Å². The molecule has 0 unspecified atom stereocenters. The molecular weight excluding hydrogens is 222 g/mol. The number of nitro benzene ring substituents is 1. The Balaban J connectivity index is 2.28. The average Bonchev–Trinajstić information content (AvgIpc) is 2.18. The van der Waals surface area contributed by atoms with Gasteiger partial charge in [0.05, 0.1) is 11.0 Å². The SMILES string of the molecule is Cc1cc(C)c(OC2CC(O)C2)c([N+](=O)[O-])c1. The minimum absolute atomic E-state index is 0.00360. The van der Waals surface area contributed by atoms with Crippen LogP contribution in [0.15, 0.2) is 12.1 Å². The Bertz CT molecular complexity index is 452. The van der Waals surface area contributed by atoms with Crippen molar-refractivity contribution in [3.63, 3.8) is 0 Å². The fourth-order valence-corrected chi connectivity index (χ4v) is 2.02. The molecule has 1 fully saturated rings. The fourth-order valence-electron chi connectivity index (χ4n) is 2.02. The molecule has 0 heterocycles. The molecule has 17 heavy (non-hydrogen) atoms. The molecule has 1 aromatic rings. The zero-order chi connectivity index (χ0) is 12.6. The minimum atomic E-state index is -0.426. The van der Waals surface area contributed by atoms with Crippen molar-refractivity contribution >= 4 is 5.69 Å². The second-order valence-corrected chi connectivity index (χ2v) is 4.55. The lowest BCUT2D eigenvalue weighted by Gasteiger charge is -2.31. The predicted octanol–water partition coefficient (Wildman–Crippen LogP) is 2.11. The van der Waals surface area contributed by atoms with Crippen molar-refractivity contribution < 1.29 is 14.8 Å². The highest BCUT2D eigenvalue weighted by molar-refractivity contribution is 5.53. The molecule has 92 valence electrons. The van der Waals surface area contributed by atoms with Crippen molar-refractivity contribution in [1.29, 1.82) is 0 Å².